The van der Waals surface area contributed by atoms with E-state index in [2.05, 4.69) is 6.92 Å². The van der Waals surface area contributed by atoms with Crippen LogP contribution in [0.2, 0.25) is 0 Å². The van der Waals surface area contributed by atoms with Crippen molar-refractivity contribution >= 4 is 5.97 Å². The van der Waals surface area contributed by atoms with E-state index in [9.17, 15) is 9.90 Å². The molecule has 0 fully saturated rings. The fraction of sp³-hybridized carbons (Fsp3) is 0.750. The Morgan fingerprint density at radius 2 is 2.12 bits per heavy atom. The van der Waals surface area contributed by atoms with Gasteiger partial charge in [0.2, 0.25) is 5.79 Å². The molecule has 0 aromatic rings. The zero-order valence-electron chi connectivity index (χ0n) is 10.2. The topological polar surface area (TPSA) is 55.8 Å². The third kappa shape index (κ3) is 4.23. The maximum absolute atomic E-state index is 11.2. The third-order valence-corrected chi connectivity index (χ3v) is 2.33. The smallest absolute Gasteiger partial charge is 0.337 e. The minimum Gasteiger partial charge on any atom is -0.457 e. The summed E-state index contributed by atoms with van der Waals surface area (Å²) in [5.74, 6) is -0.829. The van der Waals surface area contributed by atoms with Gasteiger partial charge in [0.25, 0.3) is 0 Å². The van der Waals surface area contributed by atoms with Gasteiger partial charge in [-0.1, -0.05) is 19.8 Å². The normalized spacial score (nSPS) is 20.8. The third-order valence-electron chi connectivity index (χ3n) is 2.33. The van der Waals surface area contributed by atoms with E-state index in [0.717, 1.165) is 19.3 Å². The minimum atomic E-state index is -0.925. The molecule has 0 aromatic carbocycles. The lowest BCUT2D eigenvalue weighted by molar-refractivity contribution is -0.206. The van der Waals surface area contributed by atoms with Gasteiger partial charge in [0, 0.05) is 20.3 Å². The van der Waals surface area contributed by atoms with Gasteiger partial charge in [0.1, 0.15) is 5.76 Å². The Labute approximate surface area is 96.2 Å². The van der Waals surface area contributed by atoms with Crippen molar-refractivity contribution in [3.63, 3.8) is 0 Å². The lowest BCUT2D eigenvalue weighted by Crippen LogP contribution is -2.35. The van der Waals surface area contributed by atoms with E-state index in [4.69, 9.17) is 9.47 Å². The predicted molar refractivity (Wildman–Crippen MR) is 59.5 cm³/mol. The summed E-state index contributed by atoms with van der Waals surface area (Å²) in [4.78, 5) is 11.2. The monoisotopic (exact) mass is 228 g/mol. The Balaban J connectivity index is 2.50. The highest BCUT2D eigenvalue weighted by Gasteiger charge is 2.30. The van der Waals surface area contributed by atoms with Crippen LogP contribution in [0.25, 0.3) is 0 Å². The van der Waals surface area contributed by atoms with Gasteiger partial charge in [-0.15, -0.1) is 0 Å². The summed E-state index contributed by atoms with van der Waals surface area (Å²) in [6.07, 6.45) is 3.98. The lowest BCUT2D eigenvalue weighted by atomic mass is 10.1. The second-order valence-electron chi connectivity index (χ2n) is 4.53. The largest absolute Gasteiger partial charge is 0.457 e. The molecule has 0 aromatic heterocycles. The van der Waals surface area contributed by atoms with Crippen LogP contribution in [0.1, 0.15) is 46.5 Å². The molecule has 0 saturated heterocycles. The van der Waals surface area contributed by atoms with Crippen LogP contribution in [0.15, 0.2) is 11.8 Å². The van der Waals surface area contributed by atoms with Crippen molar-refractivity contribution in [1.82, 2.24) is 0 Å². The van der Waals surface area contributed by atoms with Crippen molar-refractivity contribution in [2.24, 2.45) is 0 Å². The summed E-state index contributed by atoms with van der Waals surface area (Å²) in [7, 11) is 0. The lowest BCUT2D eigenvalue weighted by Gasteiger charge is -2.31. The first kappa shape index (κ1) is 13.0. The highest BCUT2D eigenvalue weighted by molar-refractivity contribution is 5.83. The first-order valence-electron chi connectivity index (χ1n) is 5.73. The Bertz CT molecular complexity index is 281. The molecule has 0 radical (unpaired) electrons. The fourth-order valence-corrected chi connectivity index (χ4v) is 1.64. The highest BCUT2D eigenvalue weighted by Crippen LogP contribution is 2.25. The highest BCUT2D eigenvalue weighted by atomic mass is 16.7. The van der Waals surface area contributed by atoms with Crippen LogP contribution in [0.5, 0.6) is 0 Å². The number of carbonyl (C=O) groups is 1. The van der Waals surface area contributed by atoms with Gasteiger partial charge in [-0.05, 0) is 6.42 Å². The second-order valence-corrected chi connectivity index (χ2v) is 4.53. The van der Waals surface area contributed by atoms with Gasteiger partial charge in [-0.3, -0.25) is 0 Å². The predicted octanol–water partition coefficient (Wildman–Crippen LogP) is 2.12. The van der Waals surface area contributed by atoms with E-state index in [-0.39, 0.29) is 0 Å². The van der Waals surface area contributed by atoms with E-state index < -0.39 is 17.9 Å². The van der Waals surface area contributed by atoms with E-state index in [1.54, 1.807) is 13.8 Å². The van der Waals surface area contributed by atoms with Crippen LogP contribution < -0.4 is 0 Å². The molecule has 0 aliphatic carbocycles. The molecule has 1 N–H and O–H groups in total. The van der Waals surface area contributed by atoms with Crippen molar-refractivity contribution < 1.29 is 19.4 Å². The second kappa shape index (κ2) is 5.34. The zero-order valence-corrected chi connectivity index (χ0v) is 10.2. The number of rotatable bonds is 5. The quantitative estimate of drug-likeness (QED) is 0.732. The molecule has 0 saturated carbocycles. The summed E-state index contributed by atoms with van der Waals surface area (Å²) in [6.45, 7) is 5.43. The zero-order chi connectivity index (χ0) is 12.2. The maximum atomic E-state index is 11.2. The van der Waals surface area contributed by atoms with Crippen LogP contribution in [0.3, 0.4) is 0 Å². The summed E-state index contributed by atoms with van der Waals surface area (Å²) in [6, 6.07) is 0. The number of aliphatic hydroxyl groups is 1. The Hall–Kier alpha value is -1.03. The van der Waals surface area contributed by atoms with Gasteiger partial charge in [-0.2, -0.15) is 0 Å². The van der Waals surface area contributed by atoms with Crippen molar-refractivity contribution in [3.8, 4) is 0 Å². The van der Waals surface area contributed by atoms with Crippen LogP contribution >= 0.6 is 0 Å². The number of ether oxygens (including phenoxy) is 2. The molecule has 0 unspecified atom stereocenters. The summed E-state index contributed by atoms with van der Waals surface area (Å²) in [5, 5.41) is 9.72. The van der Waals surface area contributed by atoms with E-state index in [1.165, 1.54) is 6.08 Å². The van der Waals surface area contributed by atoms with Gasteiger partial charge in [0.05, 0.1) is 12.2 Å². The molecule has 1 aliphatic rings. The van der Waals surface area contributed by atoms with Gasteiger partial charge in [-0.25, -0.2) is 4.79 Å². The number of carbonyl (C=O) groups excluding carboxylic acids is 1. The molecule has 4 nitrogen and oxygen atoms in total. The van der Waals surface area contributed by atoms with Crippen molar-refractivity contribution in [2.45, 2.75) is 58.3 Å². The van der Waals surface area contributed by atoms with E-state index >= 15 is 0 Å². The average Bonchev–Trinajstić information content (AvgIpc) is 2.11. The molecular formula is C12H20O4. The Kier molecular flexibility index (Phi) is 4.35. The number of esters is 1. The number of aliphatic hydroxyl groups excluding tert-OH is 1. The standard InChI is InChI=1S/C12H20O4/c1-4-5-6-9(13)7-10-8-11(14)16-12(2,3)15-10/h8-9,13H,4-7H2,1-3H3/t9-/m0/s1. The summed E-state index contributed by atoms with van der Waals surface area (Å²) >= 11 is 0. The summed E-state index contributed by atoms with van der Waals surface area (Å²) in [5.41, 5.74) is 0. The molecule has 92 valence electrons. The molecule has 1 atom stereocenters. The van der Waals surface area contributed by atoms with Gasteiger partial charge >= 0.3 is 5.97 Å². The maximum Gasteiger partial charge on any atom is 0.337 e. The number of cyclic esters (lactones) is 1. The van der Waals surface area contributed by atoms with Crippen LogP contribution in [-0.4, -0.2) is 23.0 Å². The molecule has 1 rings (SSSR count). The molecule has 0 amide bonds. The van der Waals surface area contributed by atoms with Crippen LogP contribution in [-0.2, 0) is 14.3 Å². The number of hydrogen-bond donors (Lipinski definition) is 1. The van der Waals surface area contributed by atoms with Gasteiger partial charge in [0.15, 0.2) is 0 Å². The molecule has 16 heavy (non-hydrogen) atoms. The SMILES string of the molecule is CCCC[C@H](O)CC1=CC(=O)OC(C)(C)O1. The summed E-state index contributed by atoms with van der Waals surface area (Å²) < 4.78 is 10.4. The molecular weight excluding hydrogens is 208 g/mol. The Morgan fingerprint density at radius 1 is 1.44 bits per heavy atom. The number of unbranched alkanes of at least 4 members (excludes halogenated alkanes) is 1. The van der Waals surface area contributed by atoms with E-state index in [0.29, 0.717) is 12.2 Å². The molecule has 0 spiro atoms. The van der Waals surface area contributed by atoms with E-state index in [1.807, 2.05) is 0 Å². The minimum absolute atomic E-state index is 0.374. The number of hydrogen-bond acceptors (Lipinski definition) is 4. The molecule has 1 aliphatic heterocycles. The van der Waals surface area contributed by atoms with Crippen molar-refractivity contribution in [1.29, 1.82) is 0 Å². The first-order chi connectivity index (χ1) is 7.43. The molecule has 4 heteroatoms. The van der Waals surface area contributed by atoms with Gasteiger partial charge < -0.3 is 14.6 Å². The van der Waals surface area contributed by atoms with Crippen LogP contribution in [0, 0.1) is 0 Å². The average molecular weight is 228 g/mol. The fourth-order valence-electron chi connectivity index (χ4n) is 1.64. The molecule has 1 heterocycles. The molecule has 0 bridgehead atoms. The van der Waals surface area contributed by atoms with Crippen molar-refractivity contribution in [2.75, 3.05) is 0 Å². The van der Waals surface area contributed by atoms with Crippen LogP contribution in [0.4, 0.5) is 0 Å². The van der Waals surface area contributed by atoms with Crippen molar-refractivity contribution in [3.05, 3.63) is 11.8 Å². The first-order valence-corrected chi connectivity index (χ1v) is 5.73. The Morgan fingerprint density at radius 3 is 2.69 bits per heavy atom.